The summed E-state index contributed by atoms with van der Waals surface area (Å²) in [4.78, 5) is 12.7. The van der Waals surface area contributed by atoms with Crippen LogP contribution in [0.2, 0.25) is 0 Å². The molecule has 1 aliphatic rings. The molecule has 0 aliphatic heterocycles. The van der Waals surface area contributed by atoms with Crippen LogP contribution < -0.4 is 5.32 Å². The number of oxazole rings is 1. The number of hydrogen-bond donors (Lipinski definition) is 1. The quantitative estimate of drug-likeness (QED) is 0.849. The van der Waals surface area contributed by atoms with Crippen molar-refractivity contribution in [2.45, 2.75) is 52.1 Å². The van der Waals surface area contributed by atoms with Crippen molar-refractivity contribution in [3.05, 3.63) is 29.1 Å². The minimum absolute atomic E-state index is 0.100. The molecule has 4 nitrogen and oxygen atoms in total. The summed E-state index contributed by atoms with van der Waals surface area (Å²) in [6.45, 7) is 5.08. The molecular formula is C18H24N2O2S. The van der Waals surface area contributed by atoms with Crippen LogP contribution in [0.15, 0.2) is 28.7 Å². The third-order valence-electron chi connectivity index (χ3n) is 5.19. The molecule has 1 amide bonds. The third kappa shape index (κ3) is 3.50. The smallest absolute Gasteiger partial charge is 0.269 e. The number of amides is 1. The van der Waals surface area contributed by atoms with Gasteiger partial charge in [-0.15, -0.1) is 0 Å². The van der Waals surface area contributed by atoms with Crippen molar-refractivity contribution in [1.29, 1.82) is 0 Å². The molecular weight excluding hydrogens is 308 g/mol. The van der Waals surface area contributed by atoms with Crippen LogP contribution in [-0.2, 0) is 11.3 Å². The minimum Gasteiger partial charge on any atom is -0.429 e. The molecule has 0 unspecified atom stereocenters. The van der Waals surface area contributed by atoms with Crippen molar-refractivity contribution in [3.63, 3.8) is 0 Å². The van der Waals surface area contributed by atoms with Gasteiger partial charge in [-0.05, 0) is 42.6 Å². The van der Waals surface area contributed by atoms with Gasteiger partial charge in [-0.3, -0.25) is 9.36 Å². The zero-order valence-electron chi connectivity index (χ0n) is 13.7. The molecule has 124 valence electrons. The standard InChI is InChI=1S/C18H24N2O2S/c1-12-6-5-7-14(13(12)2)19-17(21)10-11-20-15-8-3-4-9-16(15)22-18(20)23/h3-4,8-9,12-14H,5-7,10-11H2,1-2H3,(H,19,21)/t12-,13-,14-/m1/s1. The van der Waals surface area contributed by atoms with Gasteiger partial charge in [0, 0.05) is 19.0 Å². The first-order valence-corrected chi connectivity index (χ1v) is 8.85. The zero-order valence-corrected chi connectivity index (χ0v) is 14.6. The van der Waals surface area contributed by atoms with Gasteiger partial charge in [0.05, 0.1) is 5.52 Å². The largest absolute Gasteiger partial charge is 0.429 e. The third-order valence-corrected chi connectivity index (χ3v) is 5.49. The predicted molar refractivity (Wildman–Crippen MR) is 93.8 cm³/mol. The summed E-state index contributed by atoms with van der Waals surface area (Å²) in [7, 11) is 0. The van der Waals surface area contributed by atoms with Gasteiger partial charge >= 0.3 is 0 Å². The summed E-state index contributed by atoms with van der Waals surface area (Å²) in [5.74, 6) is 1.33. The van der Waals surface area contributed by atoms with Gasteiger partial charge in [-0.25, -0.2) is 0 Å². The predicted octanol–water partition coefficient (Wildman–Crippen LogP) is 4.29. The number of rotatable bonds is 4. The fourth-order valence-corrected chi connectivity index (χ4v) is 3.78. The lowest BCUT2D eigenvalue weighted by molar-refractivity contribution is -0.122. The van der Waals surface area contributed by atoms with Crippen LogP contribution in [-0.4, -0.2) is 16.5 Å². The van der Waals surface area contributed by atoms with E-state index in [0.717, 1.165) is 17.5 Å². The average molecular weight is 332 g/mol. The number of carbonyl (C=O) groups is 1. The van der Waals surface area contributed by atoms with Gasteiger partial charge in [0.1, 0.15) is 0 Å². The normalized spacial score (nSPS) is 24.7. The summed E-state index contributed by atoms with van der Waals surface area (Å²) < 4.78 is 7.46. The lowest BCUT2D eigenvalue weighted by atomic mass is 9.78. The van der Waals surface area contributed by atoms with Gasteiger partial charge < -0.3 is 9.73 Å². The number of hydrogen-bond acceptors (Lipinski definition) is 3. The Hall–Kier alpha value is -1.62. The number of nitrogens with one attached hydrogen (secondary N) is 1. The molecule has 0 radical (unpaired) electrons. The van der Waals surface area contributed by atoms with Crippen LogP contribution in [0.1, 0.15) is 39.5 Å². The number of aryl methyl sites for hydroxylation is 1. The van der Waals surface area contributed by atoms with E-state index in [1.54, 1.807) is 0 Å². The lowest BCUT2D eigenvalue weighted by Gasteiger charge is -2.34. The van der Waals surface area contributed by atoms with Gasteiger partial charge in [0.25, 0.3) is 4.84 Å². The molecule has 1 aromatic carbocycles. The van der Waals surface area contributed by atoms with E-state index in [1.807, 2.05) is 28.8 Å². The lowest BCUT2D eigenvalue weighted by Crippen LogP contribution is -2.43. The van der Waals surface area contributed by atoms with Crippen LogP contribution >= 0.6 is 12.2 Å². The van der Waals surface area contributed by atoms with Crippen LogP contribution in [0, 0.1) is 16.7 Å². The summed E-state index contributed by atoms with van der Waals surface area (Å²) in [6, 6.07) is 8.04. The molecule has 23 heavy (non-hydrogen) atoms. The Labute approximate surface area is 141 Å². The van der Waals surface area contributed by atoms with E-state index in [4.69, 9.17) is 16.6 Å². The maximum absolute atomic E-state index is 12.3. The number of benzene rings is 1. The van der Waals surface area contributed by atoms with Crippen molar-refractivity contribution < 1.29 is 9.21 Å². The Kier molecular flexibility index (Phi) is 4.85. The first kappa shape index (κ1) is 16.2. The van der Waals surface area contributed by atoms with E-state index in [2.05, 4.69) is 19.2 Å². The molecule has 1 heterocycles. The van der Waals surface area contributed by atoms with E-state index in [1.165, 1.54) is 12.8 Å². The Balaban J connectivity index is 1.62. The molecule has 1 aromatic heterocycles. The Morgan fingerprint density at radius 3 is 2.96 bits per heavy atom. The van der Waals surface area contributed by atoms with Gasteiger partial charge in [-0.1, -0.05) is 38.8 Å². The summed E-state index contributed by atoms with van der Waals surface area (Å²) in [5.41, 5.74) is 1.72. The first-order valence-electron chi connectivity index (χ1n) is 8.44. The first-order chi connectivity index (χ1) is 11.1. The van der Waals surface area contributed by atoms with Crippen LogP contribution in [0.4, 0.5) is 0 Å². The Morgan fingerprint density at radius 1 is 1.35 bits per heavy atom. The Bertz CT molecular complexity index is 749. The molecule has 3 atom stereocenters. The number of aromatic nitrogens is 1. The van der Waals surface area contributed by atoms with Crippen molar-refractivity contribution in [2.75, 3.05) is 0 Å². The highest BCUT2D eigenvalue weighted by Gasteiger charge is 2.27. The van der Waals surface area contributed by atoms with Crippen molar-refractivity contribution in [1.82, 2.24) is 9.88 Å². The molecule has 3 rings (SSSR count). The molecule has 1 saturated carbocycles. The molecule has 5 heteroatoms. The second kappa shape index (κ2) is 6.87. The molecule has 0 bridgehead atoms. The summed E-state index contributed by atoms with van der Waals surface area (Å²) in [5, 5.41) is 3.21. The maximum atomic E-state index is 12.3. The number of fused-ring (bicyclic) bond motifs is 1. The van der Waals surface area contributed by atoms with Crippen molar-refractivity contribution in [3.8, 4) is 0 Å². The monoisotopic (exact) mass is 332 g/mol. The van der Waals surface area contributed by atoms with Crippen LogP contribution in [0.5, 0.6) is 0 Å². The molecule has 0 spiro atoms. The average Bonchev–Trinajstić information content (AvgIpc) is 2.85. The Morgan fingerprint density at radius 2 is 2.13 bits per heavy atom. The van der Waals surface area contributed by atoms with Crippen molar-refractivity contribution >= 4 is 29.2 Å². The van der Waals surface area contributed by atoms with E-state index in [-0.39, 0.29) is 5.91 Å². The van der Waals surface area contributed by atoms with Gasteiger partial charge in [-0.2, -0.15) is 0 Å². The topological polar surface area (TPSA) is 47.2 Å². The maximum Gasteiger partial charge on any atom is 0.269 e. The second-order valence-corrected chi connectivity index (χ2v) is 7.03. The highest BCUT2D eigenvalue weighted by Crippen LogP contribution is 2.29. The SMILES string of the molecule is C[C@@H]1[C@H](C)CCC[C@H]1NC(=O)CCn1c(=S)oc2ccccc21. The van der Waals surface area contributed by atoms with Crippen molar-refractivity contribution in [2.24, 2.45) is 11.8 Å². The summed E-state index contributed by atoms with van der Waals surface area (Å²) >= 11 is 5.27. The van der Waals surface area contributed by atoms with Crippen LogP contribution in [0.3, 0.4) is 0 Å². The zero-order chi connectivity index (χ0) is 16.4. The number of nitrogens with zero attached hydrogens (tertiary/aromatic N) is 1. The van der Waals surface area contributed by atoms with Crippen LogP contribution in [0.25, 0.3) is 11.1 Å². The fourth-order valence-electron chi connectivity index (χ4n) is 3.50. The van der Waals surface area contributed by atoms with E-state index in [0.29, 0.717) is 35.7 Å². The highest BCUT2D eigenvalue weighted by atomic mass is 32.1. The summed E-state index contributed by atoms with van der Waals surface area (Å²) in [6.07, 6.45) is 3.98. The number of para-hydroxylation sites is 2. The van der Waals surface area contributed by atoms with E-state index < -0.39 is 0 Å². The molecule has 0 saturated heterocycles. The molecule has 1 N–H and O–H groups in total. The van der Waals surface area contributed by atoms with Gasteiger partial charge in [0.15, 0.2) is 5.58 Å². The number of carbonyl (C=O) groups excluding carboxylic acids is 1. The fraction of sp³-hybridized carbons (Fsp3) is 0.556. The molecule has 1 fully saturated rings. The molecule has 1 aliphatic carbocycles. The minimum atomic E-state index is 0.100. The highest BCUT2D eigenvalue weighted by molar-refractivity contribution is 7.71. The second-order valence-electron chi connectivity index (χ2n) is 6.68. The molecule has 2 aromatic rings. The van der Waals surface area contributed by atoms with E-state index >= 15 is 0 Å². The van der Waals surface area contributed by atoms with E-state index in [9.17, 15) is 4.79 Å². The van der Waals surface area contributed by atoms with Gasteiger partial charge in [0.2, 0.25) is 5.91 Å².